The molecule has 1 saturated carbocycles. The summed E-state index contributed by atoms with van der Waals surface area (Å²) < 4.78 is 5.56. The van der Waals surface area contributed by atoms with Crippen LogP contribution in [0.25, 0.3) is 0 Å². The Kier molecular flexibility index (Phi) is 3.76. The van der Waals surface area contributed by atoms with Crippen molar-refractivity contribution in [1.82, 2.24) is 0 Å². The molecule has 20 heavy (non-hydrogen) atoms. The van der Waals surface area contributed by atoms with Crippen molar-refractivity contribution in [3.05, 3.63) is 29.3 Å². The number of hydrogen-bond donors (Lipinski definition) is 1. The number of rotatable bonds is 4. The summed E-state index contributed by atoms with van der Waals surface area (Å²) in [5, 5.41) is 0. The van der Waals surface area contributed by atoms with Crippen molar-refractivity contribution in [3.63, 3.8) is 0 Å². The van der Waals surface area contributed by atoms with Crippen molar-refractivity contribution in [2.75, 3.05) is 6.61 Å². The highest BCUT2D eigenvalue weighted by molar-refractivity contribution is 5.39. The van der Waals surface area contributed by atoms with Gasteiger partial charge >= 0.3 is 0 Å². The van der Waals surface area contributed by atoms with Gasteiger partial charge in [-0.15, -0.1) is 0 Å². The lowest BCUT2D eigenvalue weighted by Gasteiger charge is -2.32. The average Bonchev–Trinajstić information content (AvgIpc) is 3.01. The SMILES string of the molecule is CC1(C)CCCC1C(N)CCc1ccc2c(c1)CCO2. The second kappa shape index (κ2) is 5.40. The van der Waals surface area contributed by atoms with E-state index < -0.39 is 0 Å². The Morgan fingerprint density at radius 3 is 3.00 bits per heavy atom. The fourth-order valence-corrected chi connectivity index (χ4v) is 4.08. The molecule has 110 valence electrons. The Balaban J connectivity index is 1.59. The quantitative estimate of drug-likeness (QED) is 0.907. The normalized spacial score (nSPS) is 25.2. The molecule has 0 saturated heterocycles. The van der Waals surface area contributed by atoms with Gasteiger partial charge in [0.05, 0.1) is 6.61 Å². The molecule has 0 spiro atoms. The van der Waals surface area contributed by atoms with E-state index in [-0.39, 0.29) is 0 Å². The smallest absolute Gasteiger partial charge is 0.122 e. The van der Waals surface area contributed by atoms with Crippen LogP contribution in [0.5, 0.6) is 5.75 Å². The molecule has 1 aromatic rings. The highest BCUT2D eigenvalue weighted by Crippen LogP contribution is 2.44. The predicted octanol–water partition coefficient (Wildman–Crippen LogP) is 3.71. The zero-order valence-corrected chi connectivity index (χ0v) is 12.8. The van der Waals surface area contributed by atoms with Crippen LogP contribution in [0.1, 0.15) is 50.7 Å². The number of aryl methyl sites for hydroxylation is 1. The first kappa shape index (κ1) is 13.9. The van der Waals surface area contributed by atoms with E-state index in [0.717, 1.165) is 31.6 Å². The maximum Gasteiger partial charge on any atom is 0.122 e. The van der Waals surface area contributed by atoms with E-state index in [4.69, 9.17) is 10.5 Å². The molecule has 2 N–H and O–H groups in total. The monoisotopic (exact) mass is 273 g/mol. The maximum absolute atomic E-state index is 6.49. The predicted molar refractivity (Wildman–Crippen MR) is 83.1 cm³/mol. The van der Waals surface area contributed by atoms with E-state index in [2.05, 4.69) is 32.0 Å². The van der Waals surface area contributed by atoms with Crippen LogP contribution in [0, 0.1) is 11.3 Å². The van der Waals surface area contributed by atoms with Crippen molar-refractivity contribution in [2.45, 2.75) is 58.4 Å². The average molecular weight is 273 g/mol. The minimum absolute atomic E-state index is 0.344. The summed E-state index contributed by atoms with van der Waals surface area (Å²) in [5.74, 6) is 1.77. The van der Waals surface area contributed by atoms with E-state index >= 15 is 0 Å². The lowest BCUT2D eigenvalue weighted by atomic mass is 9.76. The van der Waals surface area contributed by atoms with Crippen LogP contribution in [0.3, 0.4) is 0 Å². The largest absolute Gasteiger partial charge is 0.493 e. The van der Waals surface area contributed by atoms with Gasteiger partial charge in [-0.3, -0.25) is 0 Å². The van der Waals surface area contributed by atoms with E-state index in [9.17, 15) is 0 Å². The molecule has 0 amide bonds. The fraction of sp³-hybridized carbons (Fsp3) is 0.667. The zero-order valence-electron chi connectivity index (χ0n) is 12.8. The third kappa shape index (κ3) is 2.71. The van der Waals surface area contributed by atoms with E-state index in [1.54, 1.807) is 0 Å². The van der Waals surface area contributed by atoms with E-state index in [0.29, 0.717) is 17.4 Å². The summed E-state index contributed by atoms with van der Waals surface area (Å²) in [6.07, 6.45) is 7.26. The summed E-state index contributed by atoms with van der Waals surface area (Å²) in [6.45, 7) is 5.61. The van der Waals surface area contributed by atoms with Gasteiger partial charge in [0.2, 0.25) is 0 Å². The summed E-state index contributed by atoms with van der Waals surface area (Å²) >= 11 is 0. The summed E-state index contributed by atoms with van der Waals surface area (Å²) in [7, 11) is 0. The molecule has 2 aliphatic rings. The van der Waals surface area contributed by atoms with Crippen LogP contribution < -0.4 is 10.5 Å². The van der Waals surface area contributed by atoms with Gasteiger partial charge in [-0.25, -0.2) is 0 Å². The topological polar surface area (TPSA) is 35.2 Å². The van der Waals surface area contributed by atoms with Gasteiger partial charge in [0.15, 0.2) is 0 Å². The first-order valence-electron chi connectivity index (χ1n) is 8.06. The molecular formula is C18H27NO. The second-order valence-electron chi connectivity index (χ2n) is 7.23. The number of hydrogen-bond acceptors (Lipinski definition) is 2. The van der Waals surface area contributed by atoms with Crippen LogP contribution in [-0.4, -0.2) is 12.6 Å². The molecule has 2 atom stereocenters. The van der Waals surface area contributed by atoms with Crippen molar-refractivity contribution in [1.29, 1.82) is 0 Å². The third-order valence-corrected chi connectivity index (χ3v) is 5.38. The summed E-state index contributed by atoms with van der Waals surface area (Å²) in [4.78, 5) is 0. The molecular weight excluding hydrogens is 246 g/mol. The molecule has 0 radical (unpaired) electrons. The number of nitrogens with two attached hydrogens (primary N) is 1. The molecule has 0 aromatic heterocycles. The standard InChI is InChI=1S/C18H27NO/c1-18(2)10-3-4-15(18)16(19)7-5-13-6-8-17-14(12-13)9-11-20-17/h6,8,12,15-16H,3-5,7,9-11,19H2,1-2H3. The Morgan fingerprint density at radius 2 is 2.25 bits per heavy atom. The molecule has 1 aliphatic carbocycles. The van der Waals surface area contributed by atoms with Crippen LogP contribution >= 0.6 is 0 Å². The molecule has 1 fully saturated rings. The van der Waals surface area contributed by atoms with Gasteiger partial charge in [-0.05, 0) is 54.2 Å². The van der Waals surface area contributed by atoms with Crippen LogP contribution in [0.2, 0.25) is 0 Å². The van der Waals surface area contributed by atoms with Gasteiger partial charge in [0.25, 0.3) is 0 Å². The Hall–Kier alpha value is -1.02. The fourth-order valence-electron chi connectivity index (χ4n) is 4.08. The zero-order chi connectivity index (χ0) is 14.2. The first-order valence-corrected chi connectivity index (χ1v) is 8.06. The Morgan fingerprint density at radius 1 is 1.40 bits per heavy atom. The van der Waals surface area contributed by atoms with Crippen molar-refractivity contribution in [2.24, 2.45) is 17.1 Å². The van der Waals surface area contributed by atoms with E-state index in [1.165, 1.54) is 30.4 Å². The highest BCUT2D eigenvalue weighted by atomic mass is 16.5. The molecule has 2 unspecified atom stereocenters. The van der Waals surface area contributed by atoms with Crippen molar-refractivity contribution in [3.8, 4) is 5.75 Å². The van der Waals surface area contributed by atoms with Gasteiger partial charge in [0.1, 0.15) is 5.75 Å². The van der Waals surface area contributed by atoms with Gasteiger partial charge < -0.3 is 10.5 Å². The minimum Gasteiger partial charge on any atom is -0.493 e. The highest BCUT2D eigenvalue weighted by Gasteiger charge is 2.37. The number of fused-ring (bicyclic) bond motifs is 1. The Bertz CT molecular complexity index is 480. The molecule has 2 heteroatoms. The molecule has 3 rings (SSSR count). The molecule has 0 bridgehead atoms. The minimum atomic E-state index is 0.344. The van der Waals surface area contributed by atoms with Crippen LogP contribution in [-0.2, 0) is 12.8 Å². The maximum atomic E-state index is 6.49. The van der Waals surface area contributed by atoms with E-state index in [1.807, 2.05) is 0 Å². The van der Waals surface area contributed by atoms with Gasteiger partial charge in [-0.1, -0.05) is 32.4 Å². The third-order valence-electron chi connectivity index (χ3n) is 5.38. The van der Waals surface area contributed by atoms with Gasteiger partial charge in [0, 0.05) is 12.5 Å². The first-order chi connectivity index (χ1) is 9.56. The van der Waals surface area contributed by atoms with Crippen molar-refractivity contribution < 1.29 is 4.74 Å². The lowest BCUT2D eigenvalue weighted by molar-refractivity contribution is 0.214. The van der Waals surface area contributed by atoms with Crippen molar-refractivity contribution >= 4 is 0 Å². The molecule has 1 aliphatic heterocycles. The summed E-state index contributed by atoms with van der Waals surface area (Å²) in [6, 6.07) is 6.99. The van der Waals surface area contributed by atoms with Crippen LogP contribution in [0.4, 0.5) is 0 Å². The van der Waals surface area contributed by atoms with Gasteiger partial charge in [-0.2, -0.15) is 0 Å². The number of ether oxygens (including phenoxy) is 1. The molecule has 1 aromatic carbocycles. The lowest BCUT2D eigenvalue weighted by Crippen LogP contribution is -2.36. The molecule has 1 heterocycles. The Labute approximate surface area is 122 Å². The second-order valence-corrected chi connectivity index (χ2v) is 7.23. The number of benzene rings is 1. The van der Waals surface area contributed by atoms with Crippen LogP contribution in [0.15, 0.2) is 18.2 Å². The molecule has 2 nitrogen and oxygen atoms in total. The summed E-state index contributed by atoms with van der Waals surface area (Å²) in [5.41, 5.74) is 9.72.